The zero-order valence-corrected chi connectivity index (χ0v) is 10.2. The molecule has 1 unspecified atom stereocenters. The van der Waals surface area contributed by atoms with E-state index in [1.807, 2.05) is 6.92 Å². The molecule has 7 nitrogen and oxygen atoms in total. The zero-order chi connectivity index (χ0) is 13.8. The van der Waals surface area contributed by atoms with E-state index in [4.69, 9.17) is 0 Å². The second kappa shape index (κ2) is 5.44. The summed E-state index contributed by atoms with van der Waals surface area (Å²) in [7, 11) is 0. The van der Waals surface area contributed by atoms with Crippen LogP contribution in [0.25, 0.3) is 0 Å². The third kappa shape index (κ3) is 2.93. The van der Waals surface area contributed by atoms with Crippen LogP contribution < -0.4 is 5.32 Å². The van der Waals surface area contributed by atoms with E-state index < -0.39 is 16.4 Å². The quantitative estimate of drug-likeness (QED) is 0.593. The maximum Gasteiger partial charge on any atom is 0.329 e. The van der Waals surface area contributed by atoms with Crippen molar-refractivity contribution in [3.8, 4) is 0 Å². The fraction of sp³-hybridized carbons (Fsp3) is 0.455. The van der Waals surface area contributed by atoms with Gasteiger partial charge in [-0.25, -0.2) is 4.79 Å². The zero-order valence-electron chi connectivity index (χ0n) is 10.2. The lowest BCUT2D eigenvalue weighted by Crippen LogP contribution is -2.43. The Balaban J connectivity index is 3.08. The smallest absolute Gasteiger partial charge is 0.329 e. The van der Waals surface area contributed by atoms with E-state index in [-0.39, 0.29) is 11.4 Å². The van der Waals surface area contributed by atoms with Gasteiger partial charge in [0.25, 0.3) is 0 Å². The predicted molar refractivity (Wildman–Crippen MR) is 65.5 cm³/mol. The number of hydrogen-bond donors (Lipinski definition) is 2. The molecule has 98 valence electrons. The van der Waals surface area contributed by atoms with Crippen molar-refractivity contribution >= 4 is 17.3 Å². The first-order chi connectivity index (χ1) is 8.40. The minimum Gasteiger partial charge on any atom is -0.480 e. The van der Waals surface area contributed by atoms with Gasteiger partial charge in [-0.15, -0.1) is 0 Å². The molecule has 1 aromatic rings. The fourth-order valence-corrected chi connectivity index (χ4v) is 1.66. The van der Waals surface area contributed by atoms with E-state index in [1.165, 1.54) is 19.2 Å². The molecule has 0 aliphatic rings. The average molecular weight is 253 g/mol. The van der Waals surface area contributed by atoms with Crippen molar-refractivity contribution < 1.29 is 14.8 Å². The van der Waals surface area contributed by atoms with Gasteiger partial charge in [-0.3, -0.25) is 15.1 Å². The van der Waals surface area contributed by atoms with E-state index >= 15 is 0 Å². The third-order valence-electron chi connectivity index (χ3n) is 2.63. The normalized spacial score (nSPS) is 13.7. The number of carbonyl (C=O) groups is 1. The molecular formula is C11H15N3O4. The van der Waals surface area contributed by atoms with E-state index in [0.29, 0.717) is 12.8 Å². The Bertz CT molecular complexity index is 463. The molecule has 0 saturated carbocycles. The summed E-state index contributed by atoms with van der Waals surface area (Å²) in [6.45, 7) is 3.35. The maximum absolute atomic E-state index is 11.2. The van der Waals surface area contributed by atoms with Crippen LogP contribution in [0.4, 0.5) is 11.4 Å². The van der Waals surface area contributed by atoms with Gasteiger partial charge in [0.1, 0.15) is 17.4 Å². The van der Waals surface area contributed by atoms with E-state index in [2.05, 4.69) is 10.3 Å². The number of hydrogen-bond acceptors (Lipinski definition) is 5. The van der Waals surface area contributed by atoms with E-state index in [0.717, 1.165) is 6.20 Å². The third-order valence-corrected chi connectivity index (χ3v) is 2.63. The Labute approximate surface area is 104 Å². The first-order valence-corrected chi connectivity index (χ1v) is 5.50. The number of nitrogens with one attached hydrogen (secondary N) is 1. The molecule has 0 aliphatic carbocycles. The van der Waals surface area contributed by atoms with Crippen LogP contribution in [0.3, 0.4) is 0 Å². The van der Waals surface area contributed by atoms with Gasteiger partial charge in [0.05, 0.1) is 4.92 Å². The second-order valence-corrected chi connectivity index (χ2v) is 4.16. The summed E-state index contributed by atoms with van der Waals surface area (Å²) in [5.74, 6) is -1.05. The van der Waals surface area contributed by atoms with Gasteiger partial charge in [-0.2, -0.15) is 0 Å². The Hall–Kier alpha value is -2.18. The molecule has 0 amide bonds. The monoisotopic (exact) mass is 253 g/mol. The molecule has 0 spiro atoms. The molecule has 1 aromatic heterocycles. The molecule has 0 radical (unpaired) electrons. The molecule has 7 heteroatoms. The van der Waals surface area contributed by atoms with Gasteiger partial charge < -0.3 is 10.4 Å². The minimum atomic E-state index is -1.24. The van der Waals surface area contributed by atoms with Gasteiger partial charge in [-0.1, -0.05) is 13.3 Å². The molecule has 0 bridgehead atoms. The number of nitro groups is 1. The highest BCUT2D eigenvalue weighted by molar-refractivity contribution is 5.83. The van der Waals surface area contributed by atoms with E-state index in [9.17, 15) is 20.0 Å². The highest BCUT2D eigenvalue weighted by Crippen LogP contribution is 2.27. The number of nitrogens with zero attached hydrogens (tertiary/aromatic N) is 2. The largest absolute Gasteiger partial charge is 0.480 e. The van der Waals surface area contributed by atoms with Crippen LogP contribution in [0.2, 0.25) is 0 Å². The standard InChI is InChI=1S/C11H15N3O4/c1-3-5-11(2,10(15)16)13-8-4-6-12-7-9(8)14(17)18/h4,6-7H,3,5H2,1-2H3,(H,12,13)(H,15,16). The molecule has 18 heavy (non-hydrogen) atoms. The van der Waals surface area contributed by atoms with Crippen LogP contribution in [0.5, 0.6) is 0 Å². The first kappa shape index (κ1) is 13.9. The summed E-state index contributed by atoms with van der Waals surface area (Å²) < 4.78 is 0. The number of carboxylic acids is 1. The summed E-state index contributed by atoms with van der Waals surface area (Å²) in [6.07, 6.45) is 3.48. The predicted octanol–water partition coefficient (Wildman–Crippen LogP) is 2.05. The molecule has 1 rings (SSSR count). The number of aromatic nitrogens is 1. The van der Waals surface area contributed by atoms with Crippen LogP contribution >= 0.6 is 0 Å². The summed E-state index contributed by atoms with van der Waals surface area (Å²) in [5.41, 5.74) is -1.31. The SMILES string of the molecule is CCCC(C)(Nc1ccncc1[N+](=O)[O-])C(=O)O. The molecule has 1 atom stereocenters. The topological polar surface area (TPSA) is 105 Å². The van der Waals surface area contributed by atoms with Crippen molar-refractivity contribution in [3.63, 3.8) is 0 Å². The van der Waals surface area contributed by atoms with Crippen molar-refractivity contribution in [2.45, 2.75) is 32.2 Å². The number of pyridine rings is 1. The number of carboxylic acid groups (broad SMARTS) is 1. The molecule has 0 aliphatic heterocycles. The van der Waals surface area contributed by atoms with Crippen LogP contribution in [0, 0.1) is 10.1 Å². The van der Waals surface area contributed by atoms with Crippen molar-refractivity contribution in [1.82, 2.24) is 4.98 Å². The highest BCUT2D eigenvalue weighted by Gasteiger charge is 2.33. The van der Waals surface area contributed by atoms with Crippen LogP contribution in [-0.4, -0.2) is 26.5 Å². The Morgan fingerprint density at radius 3 is 2.83 bits per heavy atom. The second-order valence-electron chi connectivity index (χ2n) is 4.16. The molecule has 0 fully saturated rings. The van der Waals surface area contributed by atoms with Gasteiger partial charge in [0, 0.05) is 6.20 Å². The fourth-order valence-electron chi connectivity index (χ4n) is 1.66. The number of aliphatic carboxylic acids is 1. The van der Waals surface area contributed by atoms with Crippen LogP contribution in [0.1, 0.15) is 26.7 Å². The van der Waals surface area contributed by atoms with Crippen molar-refractivity contribution in [3.05, 3.63) is 28.6 Å². The molecule has 0 aromatic carbocycles. The van der Waals surface area contributed by atoms with Crippen molar-refractivity contribution in [1.29, 1.82) is 0 Å². The maximum atomic E-state index is 11.2. The van der Waals surface area contributed by atoms with E-state index in [1.54, 1.807) is 0 Å². The summed E-state index contributed by atoms with van der Waals surface area (Å²) in [6, 6.07) is 1.40. The van der Waals surface area contributed by atoms with Gasteiger partial charge in [0.2, 0.25) is 0 Å². The van der Waals surface area contributed by atoms with Crippen LogP contribution in [0.15, 0.2) is 18.5 Å². The lowest BCUT2D eigenvalue weighted by Gasteiger charge is -2.26. The molecular weight excluding hydrogens is 238 g/mol. The van der Waals surface area contributed by atoms with Crippen LogP contribution in [-0.2, 0) is 4.79 Å². The number of rotatable bonds is 6. The summed E-state index contributed by atoms with van der Waals surface area (Å²) in [4.78, 5) is 25.1. The molecule has 1 heterocycles. The van der Waals surface area contributed by atoms with Crippen molar-refractivity contribution in [2.24, 2.45) is 0 Å². The van der Waals surface area contributed by atoms with Gasteiger partial charge in [0.15, 0.2) is 0 Å². The Kier molecular flexibility index (Phi) is 4.19. The lowest BCUT2D eigenvalue weighted by molar-refractivity contribution is -0.384. The van der Waals surface area contributed by atoms with Gasteiger partial charge >= 0.3 is 11.7 Å². The van der Waals surface area contributed by atoms with Gasteiger partial charge in [-0.05, 0) is 19.4 Å². The molecule has 0 saturated heterocycles. The number of anilines is 1. The summed E-state index contributed by atoms with van der Waals surface area (Å²) >= 11 is 0. The Morgan fingerprint density at radius 2 is 2.33 bits per heavy atom. The van der Waals surface area contributed by atoms with Crippen molar-refractivity contribution in [2.75, 3.05) is 5.32 Å². The highest BCUT2D eigenvalue weighted by atomic mass is 16.6. The lowest BCUT2D eigenvalue weighted by atomic mass is 9.96. The minimum absolute atomic E-state index is 0.161. The summed E-state index contributed by atoms with van der Waals surface area (Å²) in [5, 5.41) is 22.7. The molecule has 2 N–H and O–H groups in total. The Morgan fingerprint density at radius 1 is 1.67 bits per heavy atom. The first-order valence-electron chi connectivity index (χ1n) is 5.50. The average Bonchev–Trinajstić information content (AvgIpc) is 2.29.